The number of H-pyrrole nitrogens is 1. The maximum atomic E-state index is 13.6. The van der Waals surface area contributed by atoms with Crippen LogP contribution in [0.3, 0.4) is 0 Å². The Bertz CT molecular complexity index is 2260. The predicted molar refractivity (Wildman–Crippen MR) is 197 cm³/mol. The minimum Gasteiger partial charge on any atom is -0.472 e. The quantitative estimate of drug-likeness (QED) is 0.158. The number of carbonyl (C=O) groups excluding carboxylic acids is 1. The average Bonchev–Trinajstić information content (AvgIpc) is 3.77. The maximum absolute atomic E-state index is 13.6. The molecular formula is C38H38F2N8O3S. The number of carbonyl (C=O) groups is 1. The lowest BCUT2D eigenvalue weighted by Gasteiger charge is -2.25. The maximum Gasteiger partial charge on any atom is 0.214 e. The molecule has 2 aliphatic heterocycles. The van der Waals surface area contributed by atoms with Crippen molar-refractivity contribution in [3.63, 3.8) is 0 Å². The Morgan fingerprint density at radius 3 is 2.62 bits per heavy atom. The Morgan fingerprint density at radius 1 is 1.12 bits per heavy atom. The third-order valence-corrected chi connectivity index (χ3v) is 9.64. The van der Waals surface area contributed by atoms with E-state index in [4.69, 9.17) is 19.7 Å². The van der Waals surface area contributed by atoms with Crippen molar-refractivity contribution >= 4 is 50.9 Å². The van der Waals surface area contributed by atoms with E-state index in [1.54, 1.807) is 19.1 Å². The molecule has 4 aromatic heterocycles. The van der Waals surface area contributed by atoms with Gasteiger partial charge in [-0.2, -0.15) is 10.4 Å². The molecule has 268 valence electrons. The second kappa shape index (κ2) is 16.7. The normalized spacial score (nSPS) is 14.0. The SMILES string of the molecule is C1COC1.Cc1[nH]nc2c(F)cc(NC=O)cc12.Cc1ccc2c(c1)nc(CN1CC=C(c3cccc(OCc4cc(F)c(C#N)s4)n3)CC1)n2C. The first kappa shape index (κ1) is 36.3. The number of nitrogens with zero attached hydrogens (tertiary/aromatic N) is 6. The number of thiophene rings is 1. The summed E-state index contributed by atoms with van der Waals surface area (Å²) in [6.07, 6.45) is 4.90. The number of aromatic nitrogens is 5. The second-order valence-corrected chi connectivity index (χ2v) is 13.5. The first-order valence-corrected chi connectivity index (χ1v) is 17.6. The number of nitriles is 1. The van der Waals surface area contributed by atoms with Gasteiger partial charge in [0.25, 0.3) is 0 Å². The summed E-state index contributed by atoms with van der Waals surface area (Å²) in [7, 11) is 2.08. The van der Waals surface area contributed by atoms with Crippen LogP contribution < -0.4 is 10.1 Å². The van der Waals surface area contributed by atoms with Gasteiger partial charge in [-0.05, 0) is 74.2 Å². The zero-order valence-corrected chi connectivity index (χ0v) is 29.9. The highest BCUT2D eigenvalue weighted by molar-refractivity contribution is 7.12. The first-order chi connectivity index (χ1) is 25.2. The number of anilines is 1. The number of imidazole rings is 1. The van der Waals surface area contributed by atoms with Crippen molar-refractivity contribution in [2.45, 2.75) is 39.8 Å². The van der Waals surface area contributed by atoms with Crippen LogP contribution in [0.5, 0.6) is 5.88 Å². The monoisotopic (exact) mass is 724 g/mol. The van der Waals surface area contributed by atoms with Crippen LogP contribution in [0, 0.1) is 36.8 Å². The lowest BCUT2D eigenvalue weighted by atomic mass is 10.0. The molecule has 0 spiro atoms. The number of aryl methyl sites for hydroxylation is 3. The molecule has 0 unspecified atom stereocenters. The Balaban J connectivity index is 0.000000211. The van der Waals surface area contributed by atoms with Gasteiger partial charge in [-0.1, -0.05) is 18.2 Å². The van der Waals surface area contributed by atoms with E-state index < -0.39 is 11.6 Å². The van der Waals surface area contributed by atoms with E-state index >= 15 is 0 Å². The van der Waals surface area contributed by atoms with Crippen LogP contribution in [0.15, 0.2) is 60.7 Å². The molecular weight excluding hydrogens is 687 g/mol. The molecule has 6 heterocycles. The molecule has 0 saturated carbocycles. The van der Waals surface area contributed by atoms with Gasteiger partial charge < -0.3 is 19.4 Å². The molecule has 8 rings (SSSR count). The third kappa shape index (κ3) is 8.68. The van der Waals surface area contributed by atoms with Gasteiger partial charge in [0, 0.05) is 61.1 Å². The summed E-state index contributed by atoms with van der Waals surface area (Å²) in [6.45, 7) is 8.61. The first-order valence-electron chi connectivity index (χ1n) is 16.8. The fraction of sp³-hybridized carbons (Fsp3) is 0.289. The third-order valence-electron chi connectivity index (χ3n) is 8.65. The second-order valence-electron chi connectivity index (χ2n) is 12.4. The minimum absolute atomic E-state index is 0.0750. The molecule has 2 aliphatic rings. The number of nitrogens with one attached hydrogen (secondary N) is 2. The Kier molecular flexibility index (Phi) is 11.6. The molecule has 2 aromatic carbocycles. The van der Waals surface area contributed by atoms with Crippen LogP contribution in [0.2, 0.25) is 0 Å². The summed E-state index contributed by atoms with van der Waals surface area (Å²) in [6, 6.07) is 18.2. The molecule has 0 bridgehead atoms. The highest BCUT2D eigenvalue weighted by Crippen LogP contribution is 2.26. The van der Waals surface area contributed by atoms with Gasteiger partial charge in [-0.3, -0.25) is 14.8 Å². The summed E-state index contributed by atoms with van der Waals surface area (Å²) >= 11 is 1.10. The van der Waals surface area contributed by atoms with E-state index in [2.05, 4.69) is 68.2 Å². The molecule has 0 radical (unpaired) electrons. The van der Waals surface area contributed by atoms with Crippen LogP contribution in [0.1, 0.15) is 45.4 Å². The number of aromatic amines is 1. The summed E-state index contributed by atoms with van der Waals surface area (Å²) < 4.78 is 39.6. The Morgan fingerprint density at radius 2 is 1.92 bits per heavy atom. The largest absolute Gasteiger partial charge is 0.472 e. The Labute approximate surface area is 303 Å². The van der Waals surface area contributed by atoms with Gasteiger partial charge in [0.1, 0.15) is 28.9 Å². The van der Waals surface area contributed by atoms with Gasteiger partial charge in [0.2, 0.25) is 12.3 Å². The highest BCUT2D eigenvalue weighted by Gasteiger charge is 2.18. The summed E-state index contributed by atoms with van der Waals surface area (Å²) in [5.74, 6) is 0.605. The number of rotatable bonds is 8. The average molecular weight is 725 g/mol. The topological polar surface area (TPSA) is 134 Å². The van der Waals surface area contributed by atoms with Gasteiger partial charge in [0.05, 0.1) is 23.3 Å². The number of fused-ring (bicyclic) bond motifs is 2. The lowest BCUT2D eigenvalue weighted by molar-refractivity contribution is -0.105. The molecule has 1 fully saturated rings. The van der Waals surface area contributed by atoms with Gasteiger partial charge in [0.15, 0.2) is 11.6 Å². The molecule has 11 nitrogen and oxygen atoms in total. The molecule has 52 heavy (non-hydrogen) atoms. The van der Waals surface area contributed by atoms with E-state index in [9.17, 15) is 13.6 Å². The molecule has 0 atom stereocenters. The lowest BCUT2D eigenvalue weighted by Crippen LogP contribution is -2.29. The van der Waals surface area contributed by atoms with Crippen LogP contribution in [-0.2, 0) is 29.7 Å². The highest BCUT2D eigenvalue weighted by atomic mass is 32.1. The van der Waals surface area contributed by atoms with Crippen molar-refractivity contribution in [1.29, 1.82) is 5.26 Å². The van der Waals surface area contributed by atoms with Crippen LogP contribution in [0.25, 0.3) is 27.5 Å². The number of ether oxygens (including phenoxy) is 2. The number of amides is 1. The fourth-order valence-electron chi connectivity index (χ4n) is 5.67. The van der Waals surface area contributed by atoms with Crippen molar-refractivity contribution < 1.29 is 23.0 Å². The number of halogens is 2. The van der Waals surface area contributed by atoms with Crippen LogP contribution in [0.4, 0.5) is 14.5 Å². The van der Waals surface area contributed by atoms with E-state index in [0.29, 0.717) is 33.8 Å². The van der Waals surface area contributed by atoms with E-state index in [0.717, 1.165) is 78.9 Å². The van der Waals surface area contributed by atoms with Crippen molar-refractivity contribution in [2.24, 2.45) is 7.05 Å². The van der Waals surface area contributed by atoms with Crippen LogP contribution >= 0.6 is 11.3 Å². The van der Waals surface area contributed by atoms with Crippen molar-refractivity contribution in [3.8, 4) is 11.9 Å². The van der Waals surface area contributed by atoms with Crippen molar-refractivity contribution in [1.82, 2.24) is 29.6 Å². The van der Waals surface area contributed by atoms with Gasteiger partial charge in [-0.25, -0.2) is 18.7 Å². The van der Waals surface area contributed by atoms with E-state index in [1.807, 2.05) is 18.2 Å². The summed E-state index contributed by atoms with van der Waals surface area (Å²) in [4.78, 5) is 22.8. The predicted octanol–water partition coefficient (Wildman–Crippen LogP) is 7.20. The zero-order chi connectivity index (χ0) is 36.6. The molecule has 2 N–H and O–H groups in total. The minimum atomic E-state index is -0.501. The number of benzene rings is 2. The number of hydrogen-bond acceptors (Lipinski definition) is 9. The standard InChI is InChI=1S/C26H24FN5OS.C9H8FN3O.C3H6O/c1-17-6-7-23-22(12-17)29-25(31(23)2)15-32-10-8-18(9-11-32)21-4-3-5-26(30-21)33-16-19-13-20(27)24(14-28)34-19;1-5-7-2-6(11-4-14)3-8(10)9(7)13-12-5;1-2-4-3-1/h3-8,12-13H,9-11,15-16H2,1-2H3;2-4H,1H3,(H,11,14)(H,12,13);1-3H2. The zero-order valence-electron chi connectivity index (χ0n) is 29.1. The van der Waals surface area contributed by atoms with E-state index in [1.165, 1.54) is 29.7 Å². The van der Waals surface area contributed by atoms with Crippen molar-refractivity contribution in [3.05, 3.63) is 105 Å². The molecule has 6 aromatic rings. The number of pyridine rings is 1. The molecule has 1 amide bonds. The summed E-state index contributed by atoms with van der Waals surface area (Å²) in [5.41, 5.74) is 6.99. The number of hydrogen-bond donors (Lipinski definition) is 2. The van der Waals surface area contributed by atoms with E-state index in [-0.39, 0.29) is 11.5 Å². The Hall–Kier alpha value is -5.49. The molecule has 0 aliphatic carbocycles. The van der Waals surface area contributed by atoms with Gasteiger partial charge >= 0.3 is 0 Å². The fourth-order valence-corrected chi connectivity index (χ4v) is 6.41. The van der Waals surface area contributed by atoms with Crippen LogP contribution in [-0.4, -0.2) is 62.3 Å². The molecule has 14 heteroatoms. The van der Waals surface area contributed by atoms with Gasteiger partial charge in [-0.15, -0.1) is 11.3 Å². The van der Waals surface area contributed by atoms with Crippen molar-refractivity contribution in [2.75, 3.05) is 31.6 Å². The summed E-state index contributed by atoms with van der Waals surface area (Å²) in [5, 5.41) is 18.5. The smallest absolute Gasteiger partial charge is 0.214 e. The molecule has 1 saturated heterocycles.